The predicted molar refractivity (Wildman–Crippen MR) is 136 cm³/mol. The maximum absolute atomic E-state index is 13.5. The molecule has 34 heavy (non-hydrogen) atoms. The van der Waals surface area contributed by atoms with Gasteiger partial charge in [0.1, 0.15) is 11.8 Å². The Labute approximate surface area is 206 Å². The lowest BCUT2D eigenvalue weighted by Crippen LogP contribution is -2.55. The second kappa shape index (κ2) is 11.7. The highest BCUT2D eigenvalue weighted by molar-refractivity contribution is 6.30. The van der Waals surface area contributed by atoms with E-state index in [9.17, 15) is 9.59 Å². The average Bonchev–Trinajstić information content (AvgIpc) is 2.80. The van der Waals surface area contributed by atoms with Crippen LogP contribution in [0.2, 0.25) is 5.02 Å². The molecule has 0 spiro atoms. The van der Waals surface area contributed by atoms with Gasteiger partial charge in [-0.15, -0.1) is 0 Å². The van der Waals surface area contributed by atoms with Crippen LogP contribution in [0.3, 0.4) is 0 Å². The number of nitrogens with zero attached hydrogens (tertiary/aromatic N) is 1. The molecule has 0 heterocycles. The third-order valence-corrected chi connectivity index (χ3v) is 5.36. The summed E-state index contributed by atoms with van der Waals surface area (Å²) in [7, 11) is 0. The molecule has 0 fully saturated rings. The number of carbonyl (C=O) groups is 2. The maximum Gasteiger partial charge on any atom is 0.261 e. The van der Waals surface area contributed by atoms with Gasteiger partial charge in [0.05, 0.1) is 0 Å². The SMILES string of the molecule is CC(C)(C)NC(=O)C(Cc1ccccc1)N(Cc1ccccc1)C(=O)COc1cccc(Cl)c1. The molecular formula is C28H31ClN2O3. The van der Waals surface area contributed by atoms with Crippen LogP contribution in [-0.2, 0) is 22.6 Å². The minimum absolute atomic E-state index is 0.205. The molecule has 2 amide bonds. The summed E-state index contributed by atoms with van der Waals surface area (Å²) in [5.74, 6) is 0.0106. The van der Waals surface area contributed by atoms with Gasteiger partial charge in [0.15, 0.2) is 6.61 Å². The molecule has 1 N–H and O–H groups in total. The Hall–Kier alpha value is -3.31. The van der Waals surface area contributed by atoms with Crippen molar-refractivity contribution in [2.24, 2.45) is 0 Å². The first-order valence-electron chi connectivity index (χ1n) is 11.3. The monoisotopic (exact) mass is 478 g/mol. The first kappa shape index (κ1) is 25.3. The number of carbonyl (C=O) groups excluding carboxylic acids is 2. The Balaban J connectivity index is 1.90. The van der Waals surface area contributed by atoms with Crippen molar-refractivity contribution in [2.45, 2.75) is 45.3 Å². The third-order valence-electron chi connectivity index (χ3n) is 5.12. The van der Waals surface area contributed by atoms with Crippen LogP contribution in [0.4, 0.5) is 0 Å². The lowest BCUT2D eigenvalue weighted by molar-refractivity contribution is -0.143. The van der Waals surface area contributed by atoms with E-state index >= 15 is 0 Å². The van der Waals surface area contributed by atoms with Crippen LogP contribution in [0.1, 0.15) is 31.9 Å². The van der Waals surface area contributed by atoms with E-state index in [-0.39, 0.29) is 25.0 Å². The average molecular weight is 479 g/mol. The molecule has 1 atom stereocenters. The van der Waals surface area contributed by atoms with Gasteiger partial charge >= 0.3 is 0 Å². The summed E-state index contributed by atoms with van der Waals surface area (Å²) in [6.45, 7) is 5.86. The number of amides is 2. The van der Waals surface area contributed by atoms with E-state index in [1.54, 1.807) is 29.2 Å². The minimum atomic E-state index is -0.711. The van der Waals surface area contributed by atoms with Crippen molar-refractivity contribution in [3.63, 3.8) is 0 Å². The second-order valence-electron chi connectivity index (χ2n) is 9.20. The van der Waals surface area contributed by atoms with E-state index in [1.807, 2.05) is 81.4 Å². The largest absolute Gasteiger partial charge is 0.484 e. The van der Waals surface area contributed by atoms with Gasteiger partial charge in [-0.2, -0.15) is 0 Å². The van der Waals surface area contributed by atoms with E-state index in [4.69, 9.17) is 16.3 Å². The summed E-state index contributed by atoms with van der Waals surface area (Å²) in [5, 5.41) is 3.58. The Morgan fingerprint density at radius 2 is 1.53 bits per heavy atom. The standard InChI is InChI=1S/C28H31ClN2O3/c1-28(2,3)30-27(33)25(17-21-11-6-4-7-12-21)31(19-22-13-8-5-9-14-22)26(32)20-34-24-16-10-15-23(29)18-24/h4-16,18,25H,17,19-20H2,1-3H3,(H,30,33). The zero-order valence-electron chi connectivity index (χ0n) is 19.8. The van der Waals surface area contributed by atoms with Crippen LogP contribution >= 0.6 is 11.6 Å². The number of ether oxygens (including phenoxy) is 1. The molecule has 0 aliphatic carbocycles. The van der Waals surface area contributed by atoms with Crippen LogP contribution in [0.5, 0.6) is 5.75 Å². The van der Waals surface area contributed by atoms with Gasteiger partial charge in [-0.3, -0.25) is 9.59 Å². The van der Waals surface area contributed by atoms with Gasteiger partial charge in [-0.1, -0.05) is 78.3 Å². The topological polar surface area (TPSA) is 58.6 Å². The van der Waals surface area contributed by atoms with Crippen molar-refractivity contribution in [1.82, 2.24) is 10.2 Å². The molecule has 0 aliphatic heterocycles. The summed E-state index contributed by atoms with van der Waals surface area (Å²) in [6, 6.07) is 25.6. The van der Waals surface area contributed by atoms with E-state index in [0.29, 0.717) is 17.2 Å². The molecule has 3 aromatic carbocycles. The number of nitrogens with one attached hydrogen (secondary N) is 1. The normalized spacial score (nSPS) is 12.0. The highest BCUT2D eigenvalue weighted by atomic mass is 35.5. The zero-order valence-corrected chi connectivity index (χ0v) is 20.6. The van der Waals surface area contributed by atoms with Crippen molar-refractivity contribution in [3.8, 4) is 5.75 Å². The molecule has 0 aliphatic rings. The van der Waals surface area contributed by atoms with E-state index in [0.717, 1.165) is 11.1 Å². The highest BCUT2D eigenvalue weighted by Crippen LogP contribution is 2.19. The van der Waals surface area contributed by atoms with E-state index in [1.165, 1.54) is 0 Å². The predicted octanol–water partition coefficient (Wildman–Crippen LogP) is 5.27. The Morgan fingerprint density at radius 3 is 2.12 bits per heavy atom. The van der Waals surface area contributed by atoms with E-state index in [2.05, 4.69) is 5.32 Å². The molecule has 5 nitrogen and oxygen atoms in total. The van der Waals surface area contributed by atoms with Gasteiger partial charge in [0, 0.05) is 23.5 Å². The third kappa shape index (κ3) is 7.92. The molecule has 1 unspecified atom stereocenters. The Kier molecular flexibility index (Phi) is 8.72. The Morgan fingerprint density at radius 1 is 0.912 bits per heavy atom. The molecule has 178 valence electrons. The molecule has 3 aromatic rings. The quantitative estimate of drug-likeness (QED) is 0.455. The summed E-state index contributed by atoms with van der Waals surface area (Å²) in [6.07, 6.45) is 0.387. The molecule has 0 radical (unpaired) electrons. The van der Waals surface area contributed by atoms with Crippen molar-refractivity contribution in [1.29, 1.82) is 0 Å². The van der Waals surface area contributed by atoms with Crippen molar-refractivity contribution in [2.75, 3.05) is 6.61 Å². The Bertz CT molecular complexity index is 1080. The van der Waals surface area contributed by atoms with Crippen LogP contribution in [-0.4, -0.2) is 34.9 Å². The minimum Gasteiger partial charge on any atom is -0.484 e. The molecule has 3 rings (SSSR count). The van der Waals surface area contributed by atoms with Crippen LogP contribution in [0, 0.1) is 0 Å². The molecule has 0 saturated carbocycles. The fraction of sp³-hybridized carbons (Fsp3) is 0.286. The van der Waals surface area contributed by atoms with Crippen molar-refractivity contribution < 1.29 is 14.3 Å². The van der Waals surface area contributed by atoms with Crippen LogP contribution < -0.4 is 10.1 Å². The van der Waals surface area contributed by atoms with Gasteiger partial charge in [0.2, 0.25) is 5.91 Å². The summed E-state index contributed by atoms with van der Waals surface area (Å²) >= 11 is 6.05. The first-order chi connectivity index (χ1) is 16.2. The van der Waals surface area contributed by atoms with Gasteiger partial charge in [0.25, 0.3) is 5.91 Å². The number of rotatable bonds is 9. The van der Waals surface area contributed by atoms with Gasteiger partial charge in [-0.05, 0) is 50.1 Å². The fourth-order valence-corrected chi connectivity index (χ4v) is 3.75. The number of benzene rings is 3. The molecule has 0 saturated heterocycles. The second-order valence-corrected chi connectivity index (χ2v) is 9.63. The van der Waals surface area contributed by atoms with Gasteiger partial charge < -0.3 is 15.0 Å². The smallest absolute Gasteiger partial charge is 0.261 e. The lowest BCUT2D eigenvalue weighted by atomic mass is 10.0. The van der Waals surface area contributed by atoms with Crippen LogP contribution in [0.15, 0.2) is 84.9 Å². The summed E-state index contributed by atoms with van der Waals surface area (Å²) in [4.78, 5) is 28.6. The number of hydrogen-bond donors (Lipinski definition) is 1. The van der Waals surface area contributed by atoms with E-state index < -0.39 is 11.6 Å². The number of halogens is 1. The highest BCUT2D eigenvalue weighted by Gasteiger charge is 2.32. The van der Waals surface area contributed by atoms with Crippen LogP contribution in [0.25, 0.3) is 0 Å². The van der Waals surface area contributed by atoms with Crippen molar-refractivity contribution in [3.05, 3.63) is 101 Å². The fourth-order valence-electron chi connectivity index (χ4n) is 3.57. The maximum atomic E-state index is 13.5. The molecule has 0 aromatic heterocycles. The summed E-state index contributed by atoms with van der Waals surface area (Å²) < 4.78 is 5.74. The van der Waals surface area contributed by atoms with Gasteiger partial charge in [-0.25, -0.2) is 0 Å². The van der Waals surface area contributed by atoms with Crippen molar-refractivity contribution >= 4 is 23.4 Å². The molecular weight excluding hydrogens is 448 g/mol. The molecule has 0 bridgehead atoms. The first-order valence-corrected chi connectivity index (χ1v) is 11.7. The molecule has 6 heteroatoms. The number of hydrogen-bond acceptors (Lipinski definition) is 3. The summed E-state index contributed by atoms with van der Waals surface area (Å²) in [5.41, 5.74) is 1.46. The lowest BCUT2D eigenvalue weighted by Gasteiger charge is -2.33. The zero-order chi connectivity index (χ0) is 24.6.